The lowest BCUT2D eigenvalue weighted by Gasteiger charge is -2.35. The predicted octanol–water partition coefficient (Wildman–Crippen LogP) is 4.89. The zero-order valence-electron chi connectivity index (χ0n) is 18.2. The maximum atomic E-state index is 14.4. The summed E-state index contributed by atoms with van der Waals surface area (Å²) in [5.74, 6) is -0.566. The second-order valence-corrected chi connectivity index (χ2v) is 8.88. The Bertz CT molecular complexity index is 1090. The van der Waals surface area contributed by atoms with E-state index in [9.17, 15) is 9.18 Å². The first-order chi connectivity index (χ1) is 15.0. The van der Waals surface area contributed by atoms with Crippen LogP contribution in [0.5, 0.6) is 0 Å². The summed E-state index contributed by atoms with van der Waals surface area (Å²) < 4.78 is 20.4. The lowest BCUT2D eigenvalue weighted by molar-refractivity contribution is 0.102. The third-order valence-corrected chi connectivity index (χ3v) is 7.10. The Labute approximate surface area is 186 Å². The number of thiophene rings is 1. The van der Waals surface area contributed by atoms with Crippen molar-refractivity contribution in [3.05, 3.63) is 58.2 Å². The van der Waals surface area contributed by atoms with E-state index in [0.717, 1.165) is 48.7 Å². The first-order valence-electron chi connectivity index (χ1n) is 10.6. The van der Waals surface area contributed by atoms with E-state index in [-0.39, 0.29) is 18.3 Å². The number of methoxy groups -OCH3 is 1. The van der Waals surface area contributed by atoms with E-state index in [4.69, 9.17) is 4.74 Å². The van der Waals surface area contributed by atoms with Crippen LogP contribution in [0.15, 0.2) is 36.4 Å². The lowest BCUT2D eigenvalue weighted by Crippen LogP contribution is -2.46. The number of nitrogens with zero attached hydrogens (tertiary/aromatic N) is 2. The molecule has 5 nitrogen and oxygen atoms in total. The van der Waals surface area contributed by atoms with Crippen molar-refractivity contribution >= 4 is 38.7 Å². The van der Waals surface area contributed by atoms with Crippen molar-refractivity contribution in [2.45, 2.75) is 20.5 Å². The highest BCUT2D eigenvalue weighted by atomic mass is 32.1. The number of nitrogens with one attached hydrogen (secondary N) is 1. The van der Waals surface area contributed by atoms with Crippen LogP contribution in [0.25, 0.3) is 10.1 Å². The van der Waals surface area contributed by atoms with Crippen molar-refractivity contribution in [1.29, 1.82) is 0 Å². The SMILES string of the molecule is CCN1CCN(c2ccc(NC(=O)c3sc4cccc(F)c4c3COC)c(C)c2)CC1. The standard InChI is InChI=1S/C24H28FN3O2S/c1-4-27-10-12-28(13-11-27)17-8-9-20(16(2)14-17)26-24(29)23-18(15-30-3)22-19(25)6-5-7-21(22)31-23/h5-9,14H,4,10-13,15H2,1-3H3,(H,26,29). The molecule has 1 fully saturated rings. The first-order valence-corrected chi connectivity index (χ1v) is 11.4. The summed E-state index contributed by atoms with van der Waals surface area (Å²) >= 11 is 1.29. The number of likely N-dealkylation sites (N-methyl/N-ethyl adjacent to an activating group) is 1. The zero-order chi connectivity index (χ0) is 22.0. The Morgan fingerprint density at radius 2 is 1.97 bits per heavy atom. The molecule has 2 aromatic carbocycles. The van der Waals surface area contributed by atoms with Crippen LogP contribution in [0.2, 0.25) is 0 Å². The summed E-state index contributed by atoms with van der Waals surface area (Å²) in [6.45, 7) is 9.62. The second kappa shape index (κ2) is 9.34. The first kappa shape index (κ1) is 21.7. The summed E-state index contributed by atoms with van der Waals surface area (Å²) in [5, 5.41) is 3.49. The molecule has 4 rings (SSSR count). The molecule has 1 saturated heterocycles. The van der Waals surface area contributed by atoms with E-state index in [0.29, 0.717) is 15.8 Å². The fourth-order valence-electron chi connectivity index (χ4n) is 4.12. The monoisotopic (exact) mass is 441 g/mol. The van der Waals surface area contributed by atoms with Gasteiger partial charge in [0, 0.05) is 60.3 Å². The van der Waals surface area contributed by atoms with Crippen LogP contribution >= 0.6 is 11.3 Å². The molecule has 3 aromatic rings. The van der Waals surface area contributed by atoms with Gasteiger partial charge in [0.2, 0.25) is 0 Å². The van der Waals surface area contributed by atoms with Gasteiger partial charge in [-0.3, -0.25) is 4.79 Å². The van der Waals surface area contributed by atoms with Crippen LogP contribution in [0.3, 0.4) is 0 Å². The van der Waals surface area contributed by atoms with Gasteiger partial charge in [0.25, 0.3) is 5.91 Å². The van der Waals surface area contributed by atoms with Gasteiger partial charge < -0.3 is 19.9 Å². The Hall–Kier alpha value is -2.48. The van der Waals surface area contributed by atoms with Crippen LogP contribution < -0.4 is 10.2 Å². The molecule has 0 radical (unpaired) electrons. The second-order valence-electron chi connectivity index (χ2n) is 7.83. The Morgan fingerprint density at radius 3 is 2.65 bits per heavy atom. The fourth-order valence-corrected chi connectivity index (χ4v) is 5.24. The van der Waals surface area contributed by atoms with Gasteiger partial charge >= 0.3 is 0 Å². The van der Waals surface area contributed by atoms with Gasteiger partial charge in [-0.1, -0.05) is 13.0 Å². The molecule has 0 atom stereocenters. The third-order valence-electron chi connectivity index (χ3n) is 5.90. The Morgan fingerprint density at radius 1 is 1.19 bits per heavy atom. The van der Waals surface area contributed by atoms with Gasteiger partial charge in [0.05, 0.1) is 11.5 Å². The van der Waals surface area contributed by atoms with Crippen LogP contribution in [-0.2, 0) is 11.3 Å². The largest absolute Gasteiger partial charge is 0.380 e. The third kappa shape index (κ3) is 4.44. The molecule has 0 spiro atoms. The van der Waals surface area contributed by atoms with Crippen LogP contribution in [-0.4, -0.2) is 50.6 Å². The summed E-state index contributed by atoms with van der Waals surface area (Å²) in [5.41, 5.74) is 3.54. The van der Waals surface area contributed by atoms with Crippen LogP contribution in [0.1, 0.15) is 27.7 Å². The lowest BCUT2D eigenvalue weighted by atomic mass is 10.1. The number of hydrogen-bond acceptors (Lipinski definition) is 5. The van der Waals surface area contributed by atoms with Gasteiger partial charge in [-0.25, -0.2) is 4.39 Å². The molecule has 1 aliphatic rings. The van der Waals surface area contributed by atoms with E-state index in [1.54, 1.807) is 13.2 Å². The number of benzene rings is 2. The normalized spacial score (nSPS) is 14.9. The van der Waals surface area contributed by atoms with Crippen LogP contribution in [0.4, 0.5) is 15.8 Å². The topological polar surface area (TPSA) is 44.8 Å². The molecular weight excluding hydrogens is 413 g/mol. The molecule has 164 valence electrons. The number of carbonyl (C=O) groups is 1. The van der Waals surface area contributed by atoms with Crippen molar-refractivity contribution < 1.29 is 13.9 Å². The minimum Gasteiger partial charge on any atom is -0.380 e. The molecule has 2 heterocycles. The molecule has 1 amide bonds. The van der Waals surface area contributed by atoms with E-state index in [1.165, 1.54) is 23.1 Å². The Kier molecular flexibility index (Phi) is 6.55. The minimum absolute atomic E-state index is 0.186. The van der Waals surface area contributed by atoms with Gasteiger partial charge in [-0.15, -0.1) is 11.3 Å². The van der Waals surface area contributed by atoms with E-state index >= 15 is 0 Å². The van der Waals surface area contributed by atoms with Crippen LogP contribution in [0, 0.1) is 12.7 Å². The molecule has 7 heteroatoms. The molecular formula is C24H28FN3O2S. The number of halogens is 1. The summed E-state index contributed by atoms with van der Waals surface area (Å²) in [6, 6.07) is 11.0. The number of fused-ring (bicyclic) bond motifs is 1. The number of aryl methyl sites for hydroxylation is 1. The molecule has 1 aromatic heterocycles. The van der Waals surface area contributed by atoms with Crippen molar-refractivity contribution in [2.24, 2.45) is 0 Å². The van der Waals surface area contributed by atoms with Crippen molar-refractivity contribution in [1.82, 2.24) is 4.90 Å². The number of amides is 1. The maximum Gasteiger partial charge on any atom is 0.266 e. The molecule has 1 N–H and O–H groups in total. The Balaban J connectivity index is 1.55. The van der Waals surface area contributed by atoms with Crippen molar-refractivity contribution in [3.63, 3.8) is 0 Å². The van der Waals surface area contributed by atoms with Gasteiger partial charge in [0.15, 0.2) is 0 Å². The number of hydrogen-bond donors (Lipinski definition) is 1. The molecule has 0 saturated carbocycles. The fraction of sp³-hybridized carbons (Fsp3) is 0.375. The number of ether oxygens (including phenoxy) is 1. The quantitative estimate of drug-likeness (QED) is 0.592. The number of rotatable bonds is 6. The smallest absolute Gasteiger partial charge is 0.266 e. The minimum atomic E-state index is -0.330. The highest BCUT2D eigenvalue weighted by molar-refractivity contribution is 7.21. The summed E-state index contributed by atoms with van der Waals surface area (Å²) in [7, 11) is 1.55. The predicted molar refractivity (Wildman–Crippen MR) is 126 cm³/mol. The van der Waals surface area contributed by atoms with Crippen molar-refractivity contribution in [2.75, 3.05) is 50.1 Å². The van der Waals surface area contributed by atoms with Gasteiger partial charge in [-0.2, -0.15) is 0 Å². The van der Waals surface area contributed by atoms with Gasteiger partial charge in [0.1, 0.15) is 5.82 Å². The number of piperazine rings is 1. The van der Waals surface area contributed by atoms with Gasteiger partial charge in [-0.05, 0) is 49.4 Å². The summed E-state index contributed by atoms with van der Waals surface area (Å²) in [6.07, 6.45) is 0. The molecule has 0 unspecified atom stereocenters. The van der Waals surface area contributed by atoms with Crippen molar-refractivity contribution in [3.8, 4) is 0 Å². The number of anilines is 2. The van der Waals surface area contributed by atoms with E-state index < -0.39 is 0 Å². The summed E-state index contributed by atoms with van der Waals surface area (Å²) in [4.78, 5) is 18.4. The number of carbonyl (C=O) groups excluding carboxylic acids is 1. The zero-order valence-corrected chi connectivity index (χ0v) is 19.0. The highest BCUT2D eigenvalue weighted by Crippen LogP contribution is 2.34. The molecule has 1 aliphatic heterocycles. The molecule has 0 bridgehead atoms. The highest BCUT2D eigenvalue weighted by Gasteiger charge is 2.22. The maximum absolute atomic E-state index is 14.4. The van der Waals surface area contributed by atoms with E-state index in [2.05, 4.69) is 34.2 Å². The average Bonchev–Trinajstić information content (AvgIpc) is 3.15. The average molecular weight is 442 g/mol. The molecule has 0 aliphatic carbocycles. The van der Waals surface area contributed by atoms with E-state index in [1.807, 2.05) is 19.1 Å². The molecule has 31 heavy (non-hydrogen) atoms.